The summed E-state index contributed by atoms with van der Waals surface area (Å²) in [6, 6.07) is 15.6. The van der Waals surface area contributed by atoms with Gasteiger partial charge in [0, 0.05) is 17.7 Å². The van der Waals surface area contributed by atoms with Crippen molar-refractivity contribution in [3.63, 3.8) is 0 Å². The molecular weight excluding hydrogens is 449 g/mol. The van der Waals surface area contributed by atoms with Crippen LogP contribution in [0.25, 0.3) is 33.5 Å². The van der Waals surface area contributed by atoms with Gasteiger partial charge < -0.3 is 15.2 Å². The van der Waals surface area contributed by atoms with Gasteiger partial charge in [-0.05, 0) is 30.3 Å². The fraction of sp³-hybridized carbons (Fsp3) is 0.167. The molecule has 0 saturated heterocycles. The van der Waals surface area contributed by atoms with Crippen LogP contribution in [0.5, 0.6) is 5.75 Å². The number of hydrogen-bond donors (Lipinski definition) is 2. The van der Waals surface area contributed by atoms with E-state index in [4.69, 9.17) is 9.84 Å². The third kappa shape index (κ3) is 4.67. The number of ether oxygens (including phenoxy) is 1. The number of aliphatic hydroxyl groups excluding tert-OH is 1. The van der Waals surface area contributed by atoms with Gasteiger partial charge in [0.05, 0.1) is 36.1 Å². The number of halogens is 3. The highest BCUT2D eigenvalue weighted by molar-refractivity contribution is 5.99. The largest absolute Gasteiger partial charge is 0.497 e. The Bertz CT molecular complexity index is 1330. The van der Waals surface area contributed by atoms with Gasteiger partial charge in [0.1, 0.15) is 5.75 Å². The number of carbonyl (C=O) groups is 1. The normalized spacial score (nSPS) is 11.4. The Morgan fingerprint density at radius 3 is 2.32 bits per heavy atom. The molecule has 0 aliphatic rings. The van der Waals surface area contributed by atoms with Crippen LogP contribution in [-0.2, 0) is 6.18 Å². The van der Waals surface area contributed by atoms with E-state index in [1.165, 1.54) is 7.11 Å². The van der Waals surface area contributed by atoms with Crippen LogP contribution in [-0.4, -0.2) is 46.2 Å². The number of nitrogens with zero attached hydrogens (tertiary/aromatic N) is 3. The van der Waals surface area contributed by atoms with Crippen LogP contribution in [0, 0.1) is 0 Å². The number of carbonyl (C=O) groups excluding carboxylic acids is 1. The predicted molar refractivity (Wildman–Crippen MR) is 119 cm³/mol. The van der Waals surface area contributed by atoms with Crippen LogP contribution in [0.15, 0.2) is 60.7 Å². The summed E-state index contributed by atoms with van der Waals surface area (Å²) in [4.78, 5) is 25.1. The molecule has 7 nitrogen and oxygen atoms in total. The van der Waals surface area contributed by atoms with Crippen LogP contribution in [0.1, 0.15) is 16.2 Å². The topological polar surface area (TPSA) is 97.2 Å². The average Bonchev–Trinajstić information content (AvgIpc) is 2.85. The smallest absolute Gasteiger partial charge is 0.417 e. The van der Waals surface area contributed by atoms with Crippen molar-refractivity contribution in [1.82, 2.24) is 20.3 Å². The second-order valence-electron chi connectivity index (χ2n) is 7.22. The zero-order valence-electron chi connectivity index (χ0n) is 17.9. The molecule has 2 heterocycles. The van der Waals surface area contributed by atoms with E-state index in [-0.39, 0.29) is 41.4 Å². The Labute approximate surface area is 192 Å². The first-order chi connectivity index (χ1) is 16.3. The number of aliphatic hydroxyl groups is 1. The summed E-state index contributed by atoms with van der Waals surface area (Å²) in [7, 11) is 1.47. The minimum Gasteiger partial charge on any atom is -0.497 e. The summed E-state index contributed by atoms with van der Waals surface area (Å²) in [5.41, 5.74) is -0.495. The Balaban J connectivity index is 2.04. The molecule has 0 spiro atoms. The standard InChI is InChI=1S/C24H19F3N4O3/c1-34-16-9-7-15(8-10-16)20-19-17(24(25,26)27)13-18(14-5-3-2-4-6-14)29-21(19)31-22(30-20)23(33)28-11-12-32/h2-10,13,32H,11-12H2,1H3,(H,28,33). The maximum Gasteiger partial charge on any atom is 0.417 e. The van der Waals surface area contributed by atoms with E-state index in [1.54, 1.807) is 54.6 Å². The molecule has 2 N–H and O–H groups in total. The van der Waals surface area contributed by atoms with Crippen molar-refractivity contribution in [2.75, 3.05) is 20.3 Å². The molecule has 4 aromatic rings. The number of alkyl halides is 3. The van der Waals surface area contributed by atoms with E-state index in [1.807, 2.05) is 0 Å². The second kappa shape index (κ2) is 9.44. The molecule has 0 saturated carbocycles. The molecule has 0 aliphatic carbocycles. The van der Waals surface area contributed by atoms with Crippen molar-refractivity contribution in [2.24, 2.45) is 0 Å². The number of pyridine rings is 1. The van der Waals surface area contributed by atoms with Gasteiger partial charge in [-0.25, -0.2) is 15.0 Å². The van der Waals surface area contributed by atoms with Crippen LogP contribution in [0.3, 0.4) is 0 Å². The summed E-state index contributed by atoms with van der Waals surface area (Å²) in [5.74, 6) is -0.604. The highest BCUT2D eigenvalue weighted by atomic mass is 19.4. The van der Waals surface area contributed by atoms with E-state index in [2.05, 4.69) is 20.3 Å². The van der Waals surface area contributed by atoms with Crippen LogP contribution < -0.4 is 10.1 Å². The fourth-order valence-corrected chi connectivity index (χ4v) is 3.42. The third-order valence-electron chi connectivity index (χ3n) is 5.01. The Morgan fingerprint density at radius 2 is 1.71 bits per heavy atom. The van der Waals surface area contributed by atoms with Crippen LogP contribution >= 0.6 is 0 Å². The fourth-order valence-electron chi connectivity index (χ4n) is 3.42. The summed E-state index contributed by atoms with van der Waals surface area (Å²) in [6.45, 7) is -0.386. The van der Waals surface area contributed by atoms with Gasteiger partial charge in [-0.1, -0.05) is 30.3 Å². The molecule has 10 heteroatoms. The molecule has 0 unspecified atom stereocenters. The van der Waals surface area contributed by atoms with Gasteiger partial charge in [-0.15, -0.1) is 0 Å². The van der Waals surface area contributed by atoms with Gasteiger partial charge in [-0.3, -0.25) is 4.79 Å². The van der Waals surface area contributed by atoms with Gasteiger partial charge in [-0.2, -0.15) is 13.2 Å². The second-order valence-corrected chi connectivity index (χ2v) is 7.22. The lowest BCUT2D eigenvalue weighted by atomic mass is 10.0. The summed E-state index contributed by atoms with van der Waals surface area (Å²) < 4.78 is 47.9. The number of hydrogen-bond acceptors (Lipinski definition) is 6. The highest BCUT2D eigenvalue weighted by Crippen LogP contribution is 2.40. The van der Waals surface area contributed by atoms with E-state index in [0.29, 0.717) is 16.9 Å². The van der Waals surface area contributed by atoms with Crippen LogP contribution in [0.2, 0.25) is 0 Å². The van der Waals surface area contributed by atoms with Gasteiger partial charge in [0.2, 0.25) is 5.82 Å². The zero-order valence-corrected chi connectivity index (χ0v) is 17.9. The zero-order chi connectivity index (χ0) is 24.3. The van der Waals surface area contributed by atoms with E-state index in [0.717, 1.165) is 6.07 Å². The quantitative estimate of drug-likeness (QED) is 0.442. The van der Waals surface area contributed by atoms with Crippen LogP contribution in [0.4, 0.5) is 13.2 Å². The van der Waals surface area contributed by atoms with Crippen molar-refractivity contribution in [3.05, 3.63) is 72.1 Å². The monoisotopic (exact) mass is 468 g/mol. The number of fused-ring (bicyclic) bond motifs is 1. The molecule has 174 valence electrons. The first-order valence-electron chi connectivity index (χ1n) is 10.2. The van der Waals surface area contributed by atoms with Gasteiger partial charge in [0.15, 0.2) is 5.65 Å². The average molecular weight is 468 g/mol. The number of benzene rings is 2. The number of amides is 1. The van der Waals surface area contributed by atoms with E-state index < -0.39 is 17.6 Å². The molecule has 0 radical (unpaired) electrons. The Hall–Kier alpha value is -4.05. The molecule has 0 bridgehead atoms. The predicted octanol–water partition coefficient (Wildman–Crippen LogP) is 4.11. The minimum atomic E-state index is -4.74. The van der Waals surface area contributed by atoms with Gasteiger partial charge in [0.25, 0.3) is 5.91 Å². The number of aromatic nitrogens is 3. The molecule has 0 atom stereocenters. The lowest BCUT2D eigenvalue weighted by molar-refractivity contribution is -0.136. The molecule has 2 aromatic heterocycles. The molecular formula is C24H19F3N4O3. The molecule has 4 rings (SSSR count). The maximum absolute atomic E-state index is 14.2. The van der Waals surface area contributed by atoms with Gasteiger partial charge >= 0.3 is 6.18 Å². The van der Waals surface area contributed by atoms with Crippen molar-refractivity contribution >= 4 is 16.9 Å². The molecule has 0 aliphatic heterocycles. The Morgan fingerprint density at radius 1 is 1.00 bits per heavy atom. The molecule has 34 heavy (non-hydrogen) atoms. The lowest BCUT2D eigenvalue weighted by Gasteiger charge is -2.16. The van der Waals surface area contributed by atoms with E-state index >= 15 is 0 Å². The summed E-state index contributed by atoms with van der Waals surface area (Å²) in [6.07, 6.45) is -4.74. The third-order valence-corrected chi connectivity index (χ3v) is 5.01. The molecule has 1 amide bonds. The lowest BCUT2D eigenvalue weighted by Crippen LogP contribution is -2.28. The molecule has 0 fully saturated rings. The Kier molecular flexibility index (Phi) is 6.42. The number of rotatable bonds is 6. The van der Waals surface area contributed by atoms with Crippen molar-refractivity contribution < 1.29 is 27.8 Å². The summed E-state index contributed by atoms with van der Waals surface area (Å²) >= 11 is 0. The van der Waals surface area contributed by atoms with Crippen molar-refractivity contribution in [3.8, 4) is 28.3 Å². The first kappa shape index (κ1) is 23.1. The highest BCUT2D eigenvalue weighted by Gasteiger charge is 2.36. The number of methoxy groups -OCH3 is 1. The van der Waals surface area contributed by atoms with Crippen molar-refractivity contribution in [2.45, 2.75) is 6.18 Å². The number of nitrogens with one attached hydrogen (secondary N) is 1. The van der Waals surface area contributed by atoms with E-state index in [9.17, 15) is 18.0 Å². The first-order valence-corrected chi connectivity index (χ1v) is 10.2. The summed E-state index contributed by atoms with van der Waals surface area (Å²) in [5, 5.41) is 11.1. The van der Waals surface area contributed by atoms with Crippen molar-refractivity contribution in [1.29, 1.82) is 0 Å². The maximum atomic E-state index is 14.2. The minimum absolute atomic E-state index is 0.0570. The SMILES string of the molecule is COc1ccc(-c2nc(C(=O)NCCO)nc3nc(-c4ccccc4)cc(C(F)(F)F)c23)cc1. The molecule has 2 aromatic carbocycles.